The summed E-state index contributed by atoms with van der Waals surface area (Å²) in [5, 5.41) is 12.3. The van der Waals surface area contributed by atoms with Crippen LogP contribution in [0.1, 0.15) is 0 Å². The lowest BCUT2D eigenvalue weighted by atomic mass is 10.1. The van der Waals surface area contributed by atoms with E-state index in [1.165, 1.54) is 5.01 Å². The first kappa shape index (κ1) is 12.7. The van der Waals surface area contributed by atoms with E-state index < -0.39 is 12.0 Å². The average molecular weight is 262 g/mol. The van der Waals surface area contributed by atoms with Gasteiger partial charge in [-0.15, -0.1) is 0 Å². The number of carbonyl (C=O) groups is 1. The van der Waals surface area contributed by atoms with E-state index >= 15 is 0 Å². The maximum atomic E-state index is 11.1. The highest BCUT2D eigenvalue weighted by Crippen LogP contribution is 2.26. The first-order chi connectivity index (χ1) is 8.65. The molecule has 0 aliphatic rings. The minimum absolute atomic E-state index is 0.148. The number of benzene rings is 2. The summed E-state index contributed by atoms with van der Waals surface area (Å²) < 4.78 is 0. The van der Waals surface area contributed by atoms with E-state index in [2.05, 4.69) is 12.6 Å². The van der Waals surface area contributed by atoms with Crippen LogP contribution in [0.25, 0.3) is 10.8 Å². The SMILES string of the molecule is NN(c1cccc2ccccc12)[C@@H](CS)C(=O)O. The highest BCUT2D eigenvalue weighted by Gasteiger charge is 2.23. The molecule has 94 valence electrons. The van der Waals surface area contributed by atoms with E-state index in [9.17, 15) is 4.79 Å². The third-order valence-corrected chi connectivity index (χ3v) is 3.18. The number of carboxylic acid groups (broad SMARTS) is 1. The van der Waals surface area contributed by atoms with Crippen LogP contribution in [0.3, 0.4) is 0 Å². The van der Waals surface area contributed by atoms with Crippen molar-refractivity contribution >= 4 is 35.1 Å². The number of nitrogens with two attached hydrogens (primary N) is 1. The second kappa shape index (κ2) is 5.29. The summed E-state index contributed by atoms with van der Waals surface area (Å²) in [5.74, 6) is 5.08. The van der Waals surface area contributed by atoms with Gasteiger partial charge in [0, 0.05) is 11.1 Å². The van der Waals surface area contributed by atoms with Gasteiger partial charge in [0.25, 0.3) is 0 Å². The zero-order valence-electron chi connectivity index (χ0n) is 9.65. The van der Waals surface area contributed by atoms with Crippen molar-refractivity contribution in [1.82, 2.24) is 0 Å². The summed E-state index contributed by atoms with van der Waals surface area (Å²) >= 11 is 4.04. The van der Waals surface area contributed by atoms with Gasteiger partial charge in [-0.2, -0.15) is 12.6 Å². The Labute approximate surface area is 110 Å². The molecular formula is C13H14N2O2S. The normalized spacial score (nSPS) is 12.3. The maximum absolute atomic E-state index is 11.1. The fraction of sp³-hybridized carbons (Fsp3) is 0.154. The Morgan fingerprint density at radius 2 is 1.94 bits per heavy atom. The van der Waals surface area contributed by atoms with Gasteiger partial charge in [-0.25, -0.2) is 10.6 Å². The number of nitrogens with zero attached hydrogens (tertiary/aromatic N) is 1. The molecule has 0 unspecified atom stereocenters. The van der Waals surface area contributed by atoms with Crippen molar-refractivity contribution in [2.45, 2.75) is 6.04 Å². The molecule has 0 saturated heterocycles. The maximum Gasteiger partial charge on any atom is 0.328 e. The number of fused-ring (bicyclic) bond motifs is 1. The average Bonchev–Trinajstić information content (AvgIpc) is 2.38. The summed E-state index contributed by atoms with van der Waals surface area (Å²) in [4.78, 5) is 11.1. The highest BCUT2D eigenvalue weighted by atomic mass is 32.1. The molecule has 0 aliphatic carbocycles. The topological polar surface area (TPSA) is 66.6 Å². The summed E-state index contributed by atoms with van der Waals surface area (Å²) in [5.41, 5.74) is 0.689. The molecule has 0 aliphatic heterocycles. The number of rotatable bonds is 4. The summed E-state index contributed by atoms with van der Waals surface area (Å²) in [6, 6.07) is 12.5. The number of hydrogen-bond acceptors (Lipinski definition) is 4. The Morgan fingerprint density at radius 3 is 2.61 bits per heavy atom. The van der Waals surface area contributed by atoms with Gasteiger partial charge < -0.3 is 5.11 Å². The van der Waals surface area contributed by atoms with Crippen LogP contribution in [0, 0.1) is 0 Å². The van der Waals surface area contributed by atoms with Gasteiger partial charge in [-0.3, -0.25) is 5.01 Å². The molecule has 1 atom stereocenters. The van der Waals surface area contributed by atoms with Crippen LogP contribution >= 0.6 is 12.6 Å². The standard InChI is InChI=1S/C13H14N2O2S/c14-15(12(8-18)13(16)17)11-7-3-5-9-4-1-2-6-10(9)11/h1-7,12,18H,8,14H2,(H,16,17)/t12-/m0/s1. The van der Waals surface area contributed by atoms with E-state index in [4.69, 9.17) is 10.9 Å². The molecule has 2 aromatic carbocycles. The monoisotopic (exact) mass is 262 g/mol. The second-order valence-electron chi connectivity index (χ2n) is 3.94. The molecule has 0 amide bonds. The first-order valence-electron chi connectivity index (χ1n) is 5.50. The van der Waals surface area contributed by atoms with Crippen LogP contribution in [0.4, 0.5) is 5.69 Å². The minimum atomic E-state index is -0.986. The minimum Gasteiger partial charge on any atom is -0.480 e. The van der Waals surface area contributed by atoms with E-state index in [-0.39, 0.29) is 5.75 Å². The largest absolute Gasteiger partial charge is 0.480 e. The van der Waals surface area contributed by atoms with Crippen molar-refractivity contribution in [1.29, 1.82) is 0 Å². The fourth-order valence-electron chi connectivity index (χ4n) is 1.89. The summed E-state index contributed by atoms with van der Waals surface area (Å²) in [6.45, 7) is 0. The Hall–Kier alpha value is -1.72. The molecule has 18 heavy (non-hydrogen) atoms. The van der Waals surface area contributed by atoms with Crippen molar-refractivity contribution in [3.05, 3.63) is 42.5 Å². The number of hydrazine groups is 1. The quantitative estimate of drug-likeness (QED) is 0.447. The van der Waals surface area contributed by atoms with Crippen LogP contribution in [0.5, 0.6) is 0 Å². The van der Waals surface area contributed by atoms with Crippen LogP contribution in [-0.4, -0.2) is 22.9 Å². The molecule has 2 rings (SSSR count). The molecule has 0 spiro atoms. The zero-order chi connectivity index (χ0) is 13.1. The van der Waals surface area contributed by atoms with Crippen molar-refractivity contribution in [2.75, 3.05) is 10.8 Å². The molecular weight excluding hydrogens is 248 g/mol. The van der Waals surface area contributed by atoms with E-state index in [0.29, 0.717) is 5.69 Å². The molecule has 0 fully saturated rings. The molecule has 4 nitrogen and oxygen atoms in total. The predicted octanol–water partition coefficient (Wildman–Crippen LogP) is 1.90. The molecule has 3 N–H and O–H groups in total. The molecule has 0 heterocycles. The van der Waals surface area contributed by atoms with E-state index in [1.54, 1.807) is 0 Å². The molecule has 0 bridgehead atoms. The molecule has 0 aromatic heterocycles. The summed E-state index contributed by atoms with van der Waals surface area (Å²) in [7, 11) is 0. The van der Waals surface area contributed by atoms with Crippen LogP contribution in [0.2, 0.25) is 0 Å². The van der Waals surface area contributed by atoms with E-state index in [1.807, 2.05) is 42.5 Å². The molecule has 2 aromatic rings. The third kappa shape index (κ3) is 2.27. The van der Waals surface area contributed by atoms with Crippen LogP contribution in [-0.2, 0) is 4.79 Å². The highest BCUT2D eigenvalue weighted by molar-refractivity contribution is 7.80. The Morgan fingerprint density at radius 1 is 1.28 bits per heavy atom. The lowest BCUT2D eigenvalue weighted by Crippen LogP contribution is -2.47. The van der Waals surface area contributed by atoms with Gasteiger partial charge in [-0.1, -0.05) is 36.4 Å². The first-order valence-corrected chi connectivity index (χ1v) is 6.13. The number of anilines is 1. The van der Waals surface area contributed by atoms with Crippen molar-refractivity contribution in [3.63, 3.8) is 0 Å². The Balaban J connectivity index is 2.50. The Bertz CT molecular complexity index is 568. The number of hydrogen-bond donors (Lipinski definition) is 3. The third-order valence-electron chi connectivity index (χ3n) is 2.84. The molecule has 0 saturated carbocycles. The smallest absolute Gasteiger partial charge is 0.328 e. The van der Waals surface area contributed by atoms with Crippen molar-refractivity contribution < 1.29 is 9.90 Å². The van der Waals surface area contributed by atoms with Gasteiger partial charge in [-0.05, 0) is 11.5 Å². The molecule has 0 radical (unpaired) electrons. The van der Waals surface area contributed by atoms with Gasteiger partial charge in [0.05, 0.1) is 5.69 Å². The lowest BCUT2D eigenvalue weighted by molar-refractivity contribution is -0.138. The molecule has 5 heteroatoms. The predicted molar refractivity (Wildman–Crippen MR) is 75.9 cm³/mol. The number of carboxylic acids is 1. The van der Waals surface area contributed by atoms with Gasteiger partial charge in [0.1, 0.15) is 0 Å². The van der Waals surface area contributed by atoms with Gasteiger partial charge in [0.2, 0.25) is 0 Å². The van der Waals surface area contributed by atoms with Gasteiger partial charge >= 0.3 is 5.97 Å². The number of aliphatic carboxylic acids is 1. The number of thiol groups is 1. The zero-order valence-corrected chi connectivity index (χ0v) is 10.5. The van der Waals surface area contributed by atoms with Crippen molar-refractivity contribution in [3.8, 4) is 0 Å². The van der Waals surface area contributed by atoms with Crippen LogP contribution in [0.15, 0.2) is 42.5 Å². The fourth-order valence-corrected chi connectivity index (χ4v) is 2.22. The Kier molecular flexibility index (Phi) is 3.74. The lowest BCUT2D eigenvalue weighted by Gasteiger charge is -2.26. The van der Waals surface area contributed by atoms with Crippen LogP contribution < -0.4 is 10.9 Å². The van der Waals surface area contributed by atoms with Gasteiger partial charge in [0.15, 0.2) is 6.04 Å². The second-order valence-corrected chi connectivity index (χ2v) is 4.31. The van der Waals surface area contributed by atoms with E-state index in [0.717, 1.165) is 10.8 Å². The summed E-state index contributed by atoms with van der Waals surface area (Å²) in [6.07, 6.45) is 0. The van der Waals surface area contributed by atoms with Crippen molar-refractivity contribution in [2.24, 2.45) is 5.84 Å².